The van der Waals surface area contributed by atoms with Crippen LogP contribution in [-0.4, -0.2) is 25.2 Å². The molecule has 2 saturated carbocycles. The van der Waals surface area contributed by atoms with Crippen LogP contribution in [0.3, 0.4) is 0 Å². The highest BCUT2D eigenvalue weighted by atomic mass is 16.6. The van der Waals surface area contributed by atoms with Crippen LogP contribution < -0.4 is 0 Å². The maximum Gasteiger partial charge on any atom is 0.344 e. The second-order valence-electron chi connectivity index (χ2n) is 5.73. The molecule has 2 aliphatic carbocycles. The zero-order valence-electron chi connectivity index (χ0n) is 11.3. The summed E-state index contributed by atoms with van der Waals surface area (Å²) < 4.78 is 9.83. The smallest absolute Gasteiger partial charge is 0.344 e. The number of carbonyl (C=O) groups excluding carboxylic acids is 2. The van der Waals surface area contributed by atoms with Crippen molar-refractivity contribution in [2.45, 2.75) is 38.5 Å². The highest BCUT2D eigenvalue weighted by Gasteiger charge is 2.32. The Bertz CT molecular complexity index is 338. The Balaban J connectivity index is 1.66. The van der Waals surface area contributed by atoms with Crippen LogP contribution in [0.4, 0.5) is 0 Å². The number of hydrogen-bond acceptors (Lipinski definition) is 4. The first-order valence-corrected chi connectivity index (χ1v) is 7.12. The molecule has 0 aromatic rings. The molecule has 0 saturated heterocycles. The summed E-state index contributed by atoms with van der Waals surface area (Å²) >= 11 is 0. The van der Waals surface area contributed by atoms with Crippen LogP contribution in [0.5, 0.6) is 0 Å². The number of ether oxygens (including phenoxy) is 2. The fourth-order valence-corrected chi connectivity index (χ4v) is 3.45. The van der Waals surface area contributed by atoms with Gasteiger partial charge in [0.05, 0.1) is 6.61 Å². The van der Waals surface area contributed by atoms with Crippen molar-refractivity contribution < 1.29 is 19.1 Å². The Labute approximate surface area is 114 Å². The number of rotatable bonds is 5. The van der Waals surface area contributed by atoms with Gasteiger partial charge in [-0.15, -0.1) is 0 Å². The van der Waals surface area contributed by atoms with Crippen molar-refractivity contribution in [2.75, 3.05) is 13.2 Å². The Morgan fingerprint density at radius 2 is 1.79 bits per heavy atom. The van der Waals surface area contributed by atoms with Crippen LogP contribution >= 0.6 is 0 Å². The van der Waals surface area contributed by atoms with Crippen molar-refractivity contribution in [1.82, 2.24) is 0 Å². The summed E-state index contributed by atoms with van der Waals surface area (Å²) in [5.74, 6) is 1.09. The van der Waals surface area contributed by atoms with E-state index in [1.165, 1.54) is 38.5 Å². The monoisotopic (exact) mass is 266 g/mol. The molecule has 4 heteroatoms. The zero-order valence-corrected chi connectivity index (χ0v) is 11.3. The average Bonchev–Trinajstić information content (AvgIpc) is 2.42. The summed E-state index contributed by atoms with van der Waals surface area (Å²) in [5, 5.41) is 0. The predicted octanol–water partition coefficient (Wildman–Crippen LogP) is 2.48. The van der Waals surface area contributed by atoms with Crippen LogP contribution in [-0.2, 0) is 19.1 Å². The second kappa shape index (κ2) is 6.73. The van der Waals surface area contributed by atoms with Crippen LogP contribution in [0.1, 0.15) is 38.5 Å². The van der Waals surface area contributed by atoms with Crippen LogP contribution in [0.25, 0.3) is 0 Å². The van der Waals surface area contributed by atoms with E-state index < -0.39 is 11.9 Å². The van der Waals surface area contributed by atoms with E-state index in [0.29, 0.717) is 12.5 Å². The van der Waals surface area contributed by atoms with E-state index >= 15 is 0 Å². The van der Waals surface area contributed by atoms with Crippen molar-refractivity contribution in [3.05, 3.63) is 12.7 Å². The molecule has 0 amide bonds. The quantitative estimate of drug-likeness (QED) is 0.566. The molecule has 0 aromatic carbocycles. The van der Waals surface area contributed by atoms with Crippen molar-refractivity contribution in [2.24, 2.45) is 17.8 Å². The van der Waals surface area contributed by atoms with E-state index in [9.17, 15) is 9.59 Å². The topological polar surface area (TPSA) is 52.6 Å². The minimum absolute atomic E-state index is 0.315. The normalized spacial score (nSPS) is 29.4. The Hall–Kier alpha value is -1.32. The average molecular weight is 266 g/mol. The lowest BCUT2D eigenvalue weighted by Gasteiger charge is -2.38. The van der Waals surface area contributed by atoms with Gasteiger partial charge in [0.25, 0.3) is 0 Å². The summed E-state index contributed by atoms with van der Waals surface area (Å²) in [6, 6.07) is 0. The zero-order chi connectivity index (χ0) is 13.7. The summed E-state index contributed by atoms with van der Waals surface area (Å²) in [5.41, 5.74) is 0. The molecule has 2 atom stereocenters. The highest BCUT2D eigenvalue weighted by Crippen LogP contribution is 2.42. The van der Waals surface area contributed by atoms with Crippen molar-refractivity contribution in [1.29, 1.82) is 0 Å². The number of esters is 2. The van der Waals surface area contributed by atoms with E-state index in [1.54, 1.807) is 0 Å². The maximum absolute atomic E-state index is 11.4. The third kappa shape index (κ3) is 4.37. The number of fused-ring (bicyclic) bond motifs is 2. The van der Waals surface area contributed by atoms with Gasteiger partial charge in [0, 0.05) is 6.08 Å². The molecule has 4 nitrogen and oxygen atoms in total. The van der Waals surface area contributed by atoms with Gasteiger partial charge >= 0.3 is 11.9 Å². The minimum Gasteiger partial charge on any atom is -0.463 e. The lowest BCUT2D eigenvalue weighted by atomic mass is 9.68. The molecule has 2 unspecified atom stereocenters. The van der Waals surface area contributed by atoms with E-state index in [-0.39, 0.29) is 6.61 Å². The summed E-state index contributed by atoms with van der Waals surface area (Å²) in [7, 11) is 0. The van der Waals surface area contributed by atoms with Gasteiger partial charge in [-0.05, 0) is 37.0 Å². The van der Waals surface area contributed by atoms with Gasteiger partial charge in [0.2, 0.25) is 0 Å². The van der Waals surface area contributed by atoms with Gasteiger partial charge < -0.3 is 9.47 Å². The molecule has 0 spiro atoms. The molecule has 2 bridgehead atoms. The van der Waals surface area contributed by atoms with E-state index in [0.717, 1.165) is 17.9 Å². The second-order valence-corrected chi connectivity index (χ2v) is 5.73. The molecule has 0 aliphatic heterocycles. The van der Waals surface area contributed by atoms with Crippen LogP contribution in [0.2, 0.25) is 0 Å². The molecule has 106 valence electrons. The van der Waals surface area contributed by atoms with Gasteiger partial charge in [-0.2, -0.15) is 0 Å². The SMILES string of the molecule is C=CC(=O)OCC(=O)OCC1CC2CCCC(C2)C1. The summed E-state index contributed by atoms with van der Waals surface area (Å²) in [6.45, 7) is 3.42. The molecule has 2 aliphatic rings. The van der Waals surface area contributed by atoms with E-state index in [2.05, 4.69) is 11.3 Å². The van der Waals surface area contributed by atoms with E-state index in [4.69, 9.17) is 4.74 Å². The highest BCUT2D eigenvalue weighted by molar-refractivity contribution is 5.83. The Morgan fingerprint density at radius 3 is 2.42 bits per heavy atom. The Kier molecular flexibility index (Phi) is 5.00. The fraction of sp³-hybridized carbons (Fsp3) is 0.733. The molecule has 0 heterocycles. The van der Waals surface area contributed by atoms with Gasteiger partial charge in [-0.1, -0.05) is 25.8 Å². The third-order valence-corrected chi connectivity index (χ3v) is 4.20. The molecule has 0 N–H and O–H groups in total. The first-order chi connectivity index (χ1) is 9.17. The molecular formula is C15H22O4. The minimum atomic E-state index is -0.593. The lowest BCUT2D eigenvalue weighted by molar-refractivity contribution is -0.157. The van der Waals surface area contributed by atoms with Crippen molar-refractivity contribution in [3.8, 4) is 0 Å². The first-order valence-electron chi connectivity index (χ1n) is 7.12. The maximum atomic E-state index is 11.4. The molecule has 2 rings (SSSR count). The fourth-order valence-electron chi connectivity index (χ4n) is 3.45. The standard InChI is InChI=1S/C15H22O4/c1-2-14(16)19-10-15(17)18-9-13-7-11-4-3-5-12(6-11)8-13/h2,11-13H,1,3-10H2. The molecule has 19 heavy (non-hydrogen) atoms. The van der Waals surface area contributed by atoms with Gasteiger partial charge in [-0.3, -0.25) is 0 Å². The largest absolute Gasteiger partial charge is 0.463 e. The first kappa shape index (κ1) is 14.1. The molecule has 0 radical (unpaired) electrons. The molecular weight excluding hydrogens is 244 g/mol. The Morgan fingerprint density at radius 1 is 1.11 bits per heavy atom. The van der Waals surface area contributed by atoms with Crippen molar-refractivity contribution in [3.63, 3.8) is 0 Å². The molecule has 2 fully saturated rings. The van der Waals surface area contributed by atoms with Crippen LogP contribution in [0, 0.1) is 17.8 Å². The van der Waals surface area contributed by atoms with Gasteiger partial charge in [0.1, 0.15) is 0 Å². The van der Waals surface area contributed by atoms with Crippen molar-refractivity contribution >= 4 is 11.9 Å². The number of hydrogen-bond donors (Lipinski definition) is 0. The predicted molar refractivity (Wildman–Crippen MR) is 70.3 cm³/mol. The lowest BCUT2D eigenvalue weighted by Crippen LogP contribution is -2.30. The van der Waals surface area contributed by atoms with E-state index in [1.807, 2.05) is 0 Å². The summed E-state index contributed by atoms with van der Waals surface area (Å²) in [6.07, 6.45) is 8.78. The van der Waals surface area contributed by atoms with Gasteiger partial charge in [-0.25, -0.2) is 9.59 Å². The third-order valence-electron chi connectivity index (χ3n) is 4.20. The summed E-state index contributed by atoms with van der Waals surface area (Å²) in [4.78, 5) is 22.2. The van der Waals surface area contributed by atoms with Gasteiger partial charge in [0.15, 0.2) is 6.61 Å². The number of carbonyl (C=O) groups is 2. The molecule has 0 aromatic heterocycles. The van der Waals surface area contributed by atoms with Crippen LogP contribution in [0.15, 0.2) is 12.7 Å².